The van der Waals surface area contributed by atoms with Crippen LogP contribution in [0.5, 0.6) is 0 Å². The van der Waals surface area contributed by atoms with Crippen molar-refractivity contribution >= 4 is 22.8 Å². The number of nitrogens with zero attached hydrogens (tertiary/aromatic N) is 2. The van der Waals surface area contributed by atoms with Gasteiger partial charge in [0.05, 0.1) is 22.4 Å². The number of hydrogen-bond donors (Lipinski definition) is 2. The summed E-state index contributed by atoms with van der Waals surface area (Å²) in [6.07, 6.45) is 2.86. The first-order valence-electron chi connectivity index (χ1n) is 8.12. The average molecular weight is 349 g/mol. The maximum atomic E-state index is 13.1. The van der Waals surface area contributed by atoms with Crippen LogP contribution in [-0.2, 0) is 11.3 Å². The Kier molecular flexibility index (Phi) is 3.76. The van der Waals surface area contributed by atoms with Gasteiger partial charge in [0, 0.05) is 25.5 Å². The van der Waals surface area contributed by atoms with Gasteiger partial charge in [0.25, 0.3) is 11.5 Å². The monoisotopic (exact) mass is 349 g/mol. The number of aromatic amines is 1. The zero-order chi connectivity index (χ0) is 18.3. The number of pyridine rings is 2. The number of aromatic nitrogens is 2. The third-order valence-electron chi connectivity index (χ3n) is 4.67. The quantitative estimate of drug-likeness (QED) is 0.733. The molecule has 1 aliphatic heterocycles. The normalized spacial score (nSPS) is 16.3. The summed E-state index contributed by atoms with van der Waals surface area (Å²) in [5.74, 6) is -2.11. The van der Waals surface area contributed by atoms with Crippen molar-refractivity contribution < 1.29 is 14.7 Å². The Labute approximate surface area is 147 Å². The lowest BCUT2D eigenvalue weighted by Gasteiger charge is -2.33. The van der Waals surface area contributed by atoms with E-state index in [1.807, 2.05) is 12.1 Å². The zero-order valence-corrected chi connectivity index (χ0v) is 13.7. The number of H-pyrrole nitrogens is 1. The number of aliphatic carboxylic acids is 1. The van der Waals surface area contributed by atoms with Gasteiger partial charge in [0.1, 0.15) is 0 Å². The molecule has 2 aromatic heterocycles. The van der Waals surface area contributed by atoms with E-state index in [0.717, 1.165) is 11.1 Å². The second kappa shape index (κ2) is 6.11. The molecule has 7 heteroatoms. The van der Waals surface area contributed by atoms with Gasteiger partial charge in [-0.3, -0.25) is 19.4 Å². The molecule has 0 radical (unpaired) electrons. The van der Waals surface area contributed by atoms with Crippen molar-refractivity contribution in [1.29, 1.82) is 0 Å². The van der Waals surface area contributed by atoms with Gasteiger partial charge in [-0.2, -0.15) is 0 Å². The molecule has 3 aromatic rings. The summed E-state index contributed by atoms with van der Waals surface area (Å²) >= 11 is 0. The summed E-state index contributed by atoms with van der Waals surface area (Å²) in [7, 11) is 0. The largest absolute Gasteiger partial charge is 0.481 e. The number of benzene rings is 1. The Balaban J connectivity index is 1.78. The van der Waals surface area contributed by atoms with Crippen LogP contribution in [-0.4, -0.2) is 38.4 Å². The second-order valence-electron chi connectivity index (χ2n) is 6.21. The predicted molar refractivity (Wildman–Crippen MR) is 93.9 cm³/mol. The Morgan fingerprint density at radius 2 is 2.00 bits per heavy atom. The van der Waals surface area contributed by atoms with E-state index in [4.69, 9.17) is 0 Å². The molecule has 0 fully saturated rings. The molecule has 0 saturated carbocycles. The predicted octanol–water partition coefficient (Wildman–Crippen LogP) is 1.75. The smallest absolute Gasteiger partial charge is 0.312 e. The van der Waals surface area contributed by atoms with Crippen LogP contribution in [0.25, 0.3) is 10.9 Å². The first-order valence-corrected chi connectivity index (χ1v) is 8.12. The van der Waals surface area contributed by atoms with E-state index in [9.17, 15) is 19.5 Å². The summed E-state index contributed by atoms with van der Waals surface area (Å²) in [5.41, 5.74) is 1.78. The highest BCUT2D eigenvalue weighted by atomic mass is 16.4. The van der Waals surface area contributed by atoms with Crippen LogP contribution in [0.4, 0.5) is 0 Å². The minimum atomic E-state index is -0.973. The number of carboxylic acids is 1. The van der Waals surface area contributed by atoms with Gasteiger partial charge in [-0.15, -0.1) is 0 Å². The summed E-state index contributed by atoms with van der Waals surface area (Å²) < 4.78 is 0. The minimum absolute atomic E-state index is 0.0681. The fourth-order valence-corrected chi connectivity index (χ4v) is 3.39. The van der Waals surface area contributed by atoms with Crippen molar-refractivity contribution in [1.82, 2.24) is 14.9 Å². The molecule has 1 unspecified atom stereocenters. The van der Waals surface area contributed by atoms with Crippen molar-refractivity contribution in [3.63, 3.8) is 0 Å². The van der Waals surface area contributed by atoms with Gasteiger partial charge >= 0.3 is 5.97 Å². The number of hydrogen-bond acceptors (Lipinski definition) is 4. The minimum Gasteiger partial charge on any atom is -0.481 e. The number of rotatable bonds is 2. The summed E-state index contributed by atoms with van der Waals surface area (Å²) in [6, 6.07) is 10.5. The van der Waals surface area contributed by atoms with E-state index in [1.54, 1.807) is 24.3 Å². The van der Waals surface area contributed by atoms with Crippen LogP contribution < -0.4 is 5.56 Å². The highest BCUT2D eigenvalue weighted by Crippen LogP contribution is 2.29. The van der Waals surface area contributed by atoms with Gasteiger partial charge in [0.15, 0.2) is 0 Å². The topological polar surface area (TPSA) is 103 Å². The van der Waals surface area contributed by atoms with Crippen LogP contribution in [0, 0.1) is 0 Å². The van der Waals surface area contributed by atoms with Crippen LogP contribution >= 0.6 is 0 Å². The fraction of sp³-hybridized carbons (Fsp3) is 0.158. The maximum absolute atomic E-state index is 13.1. The molecule has 130 valence electrons. The summed E-state index contributed by atoms with van der Waals surface area (Å²) in [4.78, 5) is 44.9. The van der Waals surface area contributed by atoms with Gasteiger partial charge in [0.2, 0.25) is 0 Å². The number of carboxylic acid groups (broad SMARTS) is 1. The Morgan fingerprint density at radius 3 is 2.81 bits per heavy atom. The number of nitrogens with one attached hydrogen (secondary N) is 1. The van der Waals surface area contributed by atoms with Crippen molar-refractivity contribution in [3.8, 4) is 0 Å². The SMILES string of the molecule is O=C(O)C1CN(C(=O)c2c[nH]c(=O)c3cccnc23)Cc2ccccc21. The molecule has 0 spiro atoms. The highest BCUT2D eigenvalue weighted by molar-refractivity contribution is 6.05. The number of amides is 1. The van der Waals surface area contributed by atoms with Crippen LogP contribution in [0.2, 0.25) is 0 Å². The first-order chi connectivity index (χ1) is 12.6. The second-order valence-corrected chi connectivity index (χ2v) is 6.21. The lowest BCUT2D eigenvalue weighted by atomic mass is 9.89. The standard InChI is InChI=1S/C19H15N3O4/c23-17-13-6-3-7-20-16(13)14(8-21-17)18(24)22-9-11-4-1-2-5-12(11)15(10-22)19(25)26/h1-8,15H,9-10H2,(H,21,23)(H,25,26). The molecule has 0 saturated heterocycles. The van der Waals surface area contributed by atoms with E-state index in [0.29, 0.717) is 17.4 Å². The first kappa shape index (κ1) is 16.0. The number of carbonyl (C=O) groups is 2. The van der Waals surface area contributed by atoms with Crippen LogP contribution in [0.1, 0.15) is 27.4 Å². The van der Waals surface area contributed by atoms with Gasteiger partial charge in [-0.1, -0.05) is 24.3 Å². The molecule has 0 bridgehead atoms. The molecule has 1 amide bonds. The molecule has 4 rings (SSSR count). The van der Waals surface area contributed by atoms with E-state index in [1.165, 1.54) is 17.3 Å². The summed E-state index contributed by atoms with van der Waals surface area (Å²) in [5, 5.41) is 9.89. The summed E-state index contributed by atoms with van der Waals surface area (Å²) in [6.45, 7) is 0.380. The van der Waals surface area contributed by atoms with Crippen molar-refractivity contribution in [2.75, 3.05) is 6.54 Å². The van der Waals surface area contributed by atoms with E-state index < -0.39 is 11.9 Å². The van der Waals surface area contributed by atoms with Gasteiger partial charge < -0.3 is 15.0 Å². The maximum Gasteiger partial charge on any atom is 0.312 e. The van der Waals surface area contributed by atoms with Crippen molar-refractivity contribution in [2.45, 2.75) is 12.5 Å². The molecular weight excluding hydrogens is 334 g/mol. The lowest BCUT2D eigenvalue weighted by Crippen LogP contribution is -2.40. The van der Waals surface area contributed by atoms with E-state index >= 15 is 0 Å². The van der Waals surface area contributed by atoms with Crippen molar-refractivity contribution in [3.05, 3.63) is 75.8 Å². The molecule has 1 atom stereocenters. The van der Waals surface area contributed by atoms with Crippen LogP contribution in [0.3, 0.4) is 0 Å². The number of carbonyl (C=O) groups excluding carboxylic acids is 1. The van der Waals surface area contributed by atoms with Gasteiger partial charge in [-0.25, -0.2) is 0 Å². The molecule has 2 N–H and O–H groups in total. The van der Waals surface area contributed by atoms with Crippen molar-refractivity contribution in [2.24, 2.45) is 0 Å². The molecule has 1 aliphatic rings. The molecular formula is C19H15N3O4. The number of fused-ring (bicyclic) bond motifs is 2. The molecule has 1 aromatic carbocycles. The van der Waals surface area contributed by atoms with Crippen LogP contribution in [0.15, 0.2) is 53.6 Å². The van der Waals surface area contributed by atoms with Gasteiger partial charge in [-0.05, 0) is 23.3 Å². The molecule has 26 heavy (non-hydrogen) atoms. The third kappa shape index (κ3) is 2.54. The Bertz CT molecular complexity index is 1090. The molecule has 7 nitrogen and oxygen atoms in total. The van der Waals surface area contributed by atoms with E-state index in [2.05, 4.69) is 9.97 Å². The third-order valence-corrected chi connectivity index (χ3v) is 4.67. The lowest BCUT2D eigenvalue weighted by molar-refractivity contribution is -0.139. The van der Waals surface area contributed by atoms with E-state index in [-0.39, 0.29) is 23.6 Å². The zero-order valence-electron chi connectivity index (χ0n) is 13.7. The molecule has 0 aliphatic carbocycles. The average Bonchev–Trinajstić information content (AvgIpc) is 2.67. The Morgan fingerprint density at radius 1 is 1.19 bits per heavy atom. The highest BCUT2D eigenvalue weighted by Gasteiger charge is 2.33. The Hall–Kier alpha value is -3.48. The fourth-order valence-electron chi connectivity index (χ4n) is 3.39. The molecule has 3 heterocycles.